The molecule has 5 nitrogen and oxygen atoms in total. The van der Waals surface area contributed by atoms with Crippen LogP contribution in [0.1, 0.15) is 40.0 Å². The third-order valence-electron chi connectivity index (χ3n) is 2.51. The monoisotopic (exact) mass is 277 g/mol. The van der Waals surface area contributed by atoms with E-state index in [2.05, 4.69) is 5.32 Å². The average molecular weight is 277 g/mol. The summed E-state index contributed by atoms with van der Waals surface area (Å²) in [6, 6.07) is -0.0398. The van der Waals surface area contributed by atoms with Crippen LogP contribution in [0.5, 0.6) is 0 Å². The lowest BCUT2D eigenvalue weighted by Crippen LogP contribution is -2.36. The van der Waals surface area contributed by atoms with Crippen LogP contribution in [0, 0.1) is 5.41 Å². The Kier molecular flexibility index (Phi) is 7.13. The van der Waals surface area contributed by atoms with Gasteiger partial charge in [0.05, 0.1) is 6.42 Å². The third kappa shape index (κ3) is 9.15. The molecule has 0 rings (SSSR count). The van der Waals surface area contributed by atoms with Crippen LogP contribution >= 0.6 is 0 Å². The van der Waals surface area contributed by atoms with Crippen LogP contribution in [-0.2, 0) is 20.4 Å². The highest BCUT2D eigenvalue weighted by atomic mass is 32.2. The molecule has 0 aliphatic rings. The van der Waals surface area contributed by atoms with Crippen LogP contribution < -0.4 is 5.32 Å². The SMILES string of the molecule is CC(CCS(C)=O)NC(=O)CC(C)(C)CC(=O)O. The fourth-order valence-corrected chi connectivity index (χ4v) is 2.33. The zero-order valence-electron chi connectivity index (χ0n) is 11.5. The first kappa shape index (κ1) is 17.1. The summed E-state index contributed by atoms with van der Waals surface area (Å²) in [6.45, 7) is 5.37. The molecular formula is C12H23NO4S. The number of carboxylic acids is 1. The van der Waals surface area contributed by atoms with Gasteiger partial charge in [0.1, 0.15) is 0 Å². The van der Waals surface area contributed by atoms with Gasteiger partial charge < -0.3 is 10.4 Å². The van der Waals surface area contributed by atoms with E-state index in [1.54, 1.807) is 20.1 Å². The van der Waals surface area contributed by atoms with E-state index >= 15 is 0 Å². The molecule has 0 saturated heterocycles. The van der Waals surface area contributed by atoms with E-state index in [9.17, 15) is 13.8 Å². The molecule has 0 aliphatic carbocycles. The number of nitrogens with one attached hydrogen (secondary N) is 1. The Morgan fingerprint density at radius 2 is 1.89 bits per heavy atom. The van der Waals surface area contributed by atoms with E-state index in [1.165, 1.54) is 0 Å². The van der Waals surface area contributed by atoms with Crippen LogP contribution in [-0.4, -0.2) is 39.2 Å². The number of carbonyl (C=O) groups excluding carboxylic acids is 1. The normalized spacial score (nSPS) is 14.9. The maximum atomic E-state index is 11.7. The van der Waals surface area contributed by atoms with Crippen LogP contribution in [0.4, 0.5) is 0 Å². The summed E-state index contributed by atoms with van der Waals surface area (Å²) in [5.41, 5.74) is -0.552. The molecule has 1 amide bonds. The van der Waals surface area contributed by atoms with Crippen molar-refractivity contribution in [3.63, 3.8) is 0 Å². The van der Waals surface area contributed by atoms with Gasteiger partial charge in [0.2, 0.25) is 5.91 Å². The van der Waals surface area contributed by atoms with Gasteiger partial charge in [0.15, 0.2) is 0 Å². The molecule has 2 unspecified atom stereocenters. The van der Waals surface area contributed by atoms with Crippen LogP contribution in [0.15, 0.2) is 0 Å². The minimum absolute atomic E-state index is 0.0340. The van der Waals surface area contributed by atoms with Crippen molar-refractivity contribution in [2.24, 2.45) is 5.41 Å². The smallest absolute Gasteiger partial charge is 0.303 e. The van der Waals surface area contributed by atoms with E-state index in [1.807, 2.05) is 6.92 Å². The maximum absolute atomic E-state index is 11.7. The molecule has 0 aromatic carbocycles. The highest BCUT2D eigenvalue weighted by Gasteiger charge is 2.25. The first-order valence-corrected chi connectivity index (χ1v) is 7.66. The van der Waals surface area contributed by atoms with Gasteiger partial charge in [-0.25, -0.2) is 0 Å². The fraction of sp³-hybridized carbons (Fsp3) is 0.833. The Morgan fingerprint density at radius 1 is 1.33 bits per heavy atom. The summed E-state index contributed by atoms with van der Waals surface area (Å²) in [5.74, 6) is -0.502. The molecule has 18 heavy (non-hydrogen) atoms. The van der Waals surface area contributed by atoms with Crippen molar-refractivity contribution < 1.29 is 18.9 Å². The Bertz CT molecular complexity index is 328. The highest BCUT2D eigenvalue weighted by molar-refractivity contribution is 7.84. The second-order valence-corrected chi connectivity index (χ2v) is 7.00. The standard InChI is InChI=1S/C12H23NO4S/c1-9(5-6-18(4)17)13-10(14)7-12(2,3)8-11(15)16/h9H,5-8H2,1-4H3,(H,13,14)(H,15,16). The second kappa shape index (κ2) is 7.51. The zero-order chi connectivity index (χ0) is 14.3. The van der Waals surface area contributed by atoms with Gasteiger partial charge in [-0.1, -0.05) is 13.8 Å². The number of carboxylic acid groups (broad SMARTS) is 1. The summed E-state index contributed by atoms with van der Waals surface area (Å²) < 4.78 is 10.9. The molecule has 2 N–H and O–H groups in total. The number of amides is 1. The predicted molar refractivity (Wildman–Crippen MR) is 71.8 cm³/mol. The molecule has 6 heteroatoms. The molecule has 0 bridgehead atoms. The number of aliphatic carboxylic acids is 1. The van der Waals surface area contributed by atoms with Gasteiger partial charge in [-0.15, -0.1) is 0 Å². The summed E-state index contributed by atoms with van der Waals surface area (Å²) >= 11 is 0. The number of hydrogen-bond donors (Lipinski definition) is 2. The van der Waals surface area contributed by atoms with Gasteiger partial charge in [0, 0.05) is 35.3 Å². The summed E-state index contributed by atoms with van der Waals surface area (Å²) in [5, 5.41) is 11.5. The van der Waals surface area contributed by atoms with E-state index in [4.69, 9.17) is 5.11 Å². The summed E-state index contributed by atoms with van der Waals surface area (Å²) in [7, 11) is -0.857. The lowest BCUT2D eigenvalue weighted by atomic mass is 9.85. The van der Waals surface area contributed by atoms with Gasteiger partial charge >= 0.3 is 5.97 Å². The zero-order valence-corrected chi connectivity index (χ0v) is 12.3. The van der Waals surface area contributed by atoms with E-state index in [0.717, 1.165) is 0 Å². The first-order chi connectivity index (χ1) is 8.12. The molecule has 0 saturated carbocycles. The van der Waals surface area contributed by atoms with Crippen LogP contribution in [0.3, 0.4) is 0 Å². The van der Waals surface area contributed by atoms with Crippen molar-refractivity contribution in [2.75, 3.05) is 12.0 Å². The van der Waals surface area contributed by atoms with Gasteiger partial charge in [-0.05, 0) is 18.8 Å². The molecule has 0 radical (unpaired) electrons. The molecule has 0 spiro atoms. The number of rotatable bonds is 8. The Morgan fingerprint density at radius 3 is 2.33 bits per heavy atom. The Hall–Kier alpha value is -0.910. The lowest BCUT2D eigenvalue weighted by molar-refractivity contribution is -0.139. The molecule has 0 aromatic heterocycles. The van der Waals surface area contributed by atoms with Crippen molar-refractivity contribution in [3.05, 3.63) is 0 Å². The third-order valence-corrected chi connectivity index (χ3v) is 3.33. The van der Waals surface area contributed by atoms with Crippen molar-refractivity contribution in [3.8, 4) is 0 Å². The van der Waals surface area contributed by atoms with Crippen molar-refractivity contribution in [1.82, 2.24) is 5.32 Å². The maximum Gasteiger partial charge on any atom is 0.303 e. The quantitative estimate of drug-likeness (QED) is 0.697. The average Bonchev–Trinajstić information content (AvgIpc) is 2.10. The molecule has 0 heterocycles. The fourth-order valence-electron chi connectivity index (χ4n) is 1.65. The minimum Gasteiger partial charge on any atom is -0.481 e. The van der Waals surface area contributed by atoms with Crippen molar-refractivity contribution in [2.45, 2.75) is 46.1 Å². The van der Waals surface area contributed by atoms with Crippen LogP contribution in [0.2, 0.25) is 0 Å². The van der Waals surface area contributed by atoms with Gasteiger partial charge in [0.25, 0.3) is 0 Å². The molecular weight excluding hydrogens is 254 g/mol. The van der Waals surface area contributed by atoms with Crippen molar-refractivity contribution >= 4 is 22.7 Å². The minimum atomic E-state index is -0.901. The van der Waals surface area contributed by atoms with Crippen LogP contribution in [0.25, 0.3) is 0 Å². The van der Waals surface area contributed by atoms with Crippen molar-refractivity contribution in [1.29, 1.82) is 0 Å². The number of hydrogen-bond acceptors (Lipinski definition) is 3. The van der Waals surface area contributed by atoms with E-state index in [-0.39, 0.29) is 24.8 Å². The lowest BCUT2D eigenvalue weighted by Gasteiger charge is -2.23. The Labute approximate surface area is 111 Å². The first-order valence-electron chi connectivity index (χ1n) is 5.93. The molecule has 0 aliphatic heterocycles. The number of carbonyl (C=O) groups is 2. The van der Waals surface area contributed by atoms with E-state index < -0.39 is 22.2 Å². The van der Waals surface area contributed by atoms with Gasteiger partial charge in [-0.2, -0.15) is 0 Å². The molecule has 106 valence electrons. The predicted octanol–water partition coefficient (Wildman–Crippen LogP) is 1.15. The molecule has 2 atom stereocenters. The topological polar surface area (TPSA) is 83.5 Å². The largest absolute Gasteiger partial charge is 0.481 e. The Balaban J connectivity index is 4.09. The summed E-state index contributed by atoms with van der Waals surface area (Å²) in [6.07, 6.45) is 2.44. The van der Waals surface area contributed by atoms with Gasteiger partial charge in [-0.3, -0.25) is 13.8 Å². The highest BCUT2D eigenvalue weighted by Crippen LogP contribution is 2.24. The summed E-state index contributed by atoms with van der Waals surface area (Å²) in [4.78, 5) is 22.3. The second-order valence-electron chi connectivity index (χ2n) is 5.45. The molecule has 0 aromatic rings. The molecule has 0 fully saturated rings. The van der Waals surface area contributed by atoms with E-state index in [0.29, 0.717) is 12.2 Å².